The molecule has 0 aliphatic carbocycles. The summed E-state index contributed by atoms with van der Waals surface area (Å²) in [5, 5.41) is 5.81. The van der Waals surface area contributed by atoms with Gasteiger partial charge < -0.3 is 4.52 Å². The molecule has 0 aliphatic rings. The molecule has 0 spiro atoms. The lowest BCUT2D eigenvalue weighted by Crippen LogP contribution is -2.10. The molecule has 3 aromatic rings. The maximum absolute atomic E-state index is 12.1. The van der Waals surface area contributed by atoms with Crippen molar-refractivity contribution in [1.29, 1.82) is 0 Å². The Bertz CT molecular complexity index is 760. The van der Waals surface area contributed by atoms with E-state index in [1.165, 1.54) is 29.9 Å². The molecule has 0 aromatic carbocycles. The Hall–Kier alpha value is -1.71. The van der Waals surface area contributed by atoms with Gasteiger partial charge in [0.15, 0.2) is 5.13 Å². The molecule has 0 atom stereocenters. The van der Waals surface area contributed by atoms with Gasteiger partial charge >= 0.3 is 0 Å². The first-order chi connectivity index (χ1) is 9.15. The first-order valence-corrected chi connectivity index (χ1v) is 8.26. The van der Waals surface area contributed by atoms with Crippen LogP contribution in [-0.2, 0) is 10.0 Å². The second-order valence-electron chi connectivity index (χ2n) is 3.45. The predicted molar refractivity (Wildman–Crippen MR) is 72.7 cm³/mol. The average Bonchev–Trinajstić information content (AvgIpc) is 3.11. The molecule has 0 radical (unpaired) electrons. The Kier molecular flexibility index (Phi) is 3.09. The molecule has 1 N–H and O–H groups in total. The first-order valence-electron chi connectivity index (χ1n) is 5.08. The van der Waals surface area contributed by atoms with E-state index < -0.39 is 10.0 Å². The quantitative estimate of drug-likeness (QED) is 0.800. The van der Waals surface area contributed by atoms with Gasteiger partial charge in [0.1, 0.15) is 16.2 Å². The molecule has 19 heavy (non-hydrogen) atoms. The Labute approximate surface area is 116 Å². The molecular weight excluding hydrogens is 306 g/mol. The van der Waals surface area contributed by atoms with E-state index in [0.717, 1.165) is 16.2 Å². The molecule has 0 saturated carbocycles. The van der Waals surface area contributed by atoms with E-state index in [1.54, 1.807) is 17.5 Å². The first kappa shape index (κ1) is 12.3. The highest BCUT2D eigenvalue weighted by molar-refractivity contribution is 7.95. The third-order valence-electron chi connectivity index (χ3n) is 2.19. The summed E-state index contributed by atoms with van der Waals surface area (Å²) in [6, 6.07) is 4.90. The van der Waals surface area contributed by atoms with E-state index in [0.29, 0.717) is 10.8 Å². The van der Waals surface area contributed by atoms with Gasteiger partial charge in [-0.3, -0.25) is 4.72 Å². The number of anilines is 1. The number of sulfonamides is 1. The lowest BCUT2D eigenvalue weighted by atomic mass is 10.3. The lowest BCUT2D eigenvalue weighted by molar-refractivity contribution is 0.422. The lowest BCUT2D eigenvalue weighted by Gasteiger charge is -2.01. The molecule has 0 bridgehead atoms. The zero-order chi connectivity index (χ0) is 13.3. The Balaban J connectivity index is 1.90. The van der Waals surface area contributed by atoms with Crippen molar-refractivity contribution in [2.45, 2.75) is 4.21 Å². The summed E-state index contributed by atoms with van der Waals surface area (Å²) < 4.78 is 31.6. The number of rotatable bonds is 4. The average molecular weight is 313 g/mol. The van der Waals surface area contributed by atoms with Gasteiger partial charge in [-0.15, -0.1) is 22.7 Å². The fourth-order valence-corrected chi connectivity index (χ4v) is 4.44. The van der Waals surface area contributed by atoms with Crippen LogP contribution in [0.2, 0.25) is 0 Å². The molecular formula is C10H7N3O3S3. The number of aromatic nitrogens is 2. The SMILES string of the molecule is O=S(=O)(Nc1nccs1)c1ccc(-c2ccon2)s1. The van der Waals surface area contributed by atoms with Crippen LogP contribution >= 0.6 is 22.7 Å². The summed E-state index contributed by atoms with van der Waals surface area (Å²) in [4.78, 5) is 4.62. The molecule has 0 aliphatic heterocycles. The van der Waals surface area contributed by atoms with E-state index in [1.807, 2.05) is 0 Å². The van der Waals surface area contributed by atoms with Gasteiger partial charge in [-0.25, -0.2) is 13.4 Å². The zero-order valence-corrected chi connectivity index (χ0v) is 11.8. The van der Waals surface area contributed by atoms with Crippen LogP contribution in [0.5, 0.6) is 0 Å². The maximum Gasteiger partial charge on any atom is 0.273 e. The van der Waals surface area contributed by atoms with Gasteiger partial charge in [-0.2, -0.15) is 0 Å². The highest BCUT2D eigenvalue weighted by Crippen LogP contribution is 2.30. The largest absolute Gasteiger partial charge is 0.364 e. The highest BCUT2D eigenvalue weighted by Gasteiger charge is 2.19. The van der Waals surface area contributed by atoms with Gasteiger partial charge in [0.05, 0.1) is 4.88 Å². The van der Waals surface area contributed by atoms with Crippen LogP contribution in [0.25, 0.3) is 10.6 Å². The molecule has 0 saturated heterocycles. The minimum absolute atomic E-state index is 0.209. The van der Waals surface area contributed by atoms with E-state index in [-0.39, 0.29) is 4.21 Å². The Morgan fingerprint density at radius 2 is 2.16 bits per heavy atom. The molecule has 6 nitrogen and oxygen atoms in total. The molecule has 3 aromatic heterocycles. The Morgan fingerprint density at radius 3 is 2.84 bits per heavy atom. The maximum atomic E-state index is 12.1. The fraction of sp³-hybridized carbons (Fsp3) is 0. The predicted octanol–water partition coefficient (Wildman–Crippen LogP) is 2.66. The van der Waals surface area contributed by atoms with E-state index >= 15 is 0 Å². The van der Waals surface area contributed by atoms with E-state index in [9.17, 15) is 8.42 Å². The normalized spacial score (nSPS) is 11.6. The van der Waals surface area contributed by atoms with Crippen molar-refractivity contribution >= 4 is 37.8 Å². The van der Waals surface area contributed by atoms with Crippen molar-refractivity contribution in [1.82, 2.24) is 10.1 Å². The van der Waals surface area contributed by atoms with Gasteiger partial charge in [-0.05, 0) is 12.1 Å². The third-order valence-corrected chi connectivity index (χ3v) is 5.95. The smallest absolute Gasteiger partial charge is 0.273 e. The zero-order valence-electron chi connectivity index (χ0n) is 9.31. The summed E-state index contributed by atoms with van der Waals surface area (Å²) in [5.74, 6) is 0. The third kappa shape index (κ3) is 2.53. The topological polar surface area (TPSA) is 85.1 Å². The van der Waals surface area contributed by atoms with Crippen LogP contribution in [0.4, 0.5) is 5.13 Å². The fourth-order valence-electron chi connectivity index (χ4n) is 1.38. The van der Waals surface area contributed by atoms with Crippen LogP contribution < -0.4 is 4.72 Å². The summed E-state index contributed by atoms with van der Waals surface area (Å²) >= 11 is 2.35. The number of thiazole rings is 1. The molecule has 3 heterocycles. The van der Waals surface area contributed by atoms with E-state index in [2.05, 4.69) is 14.9 Å². The van der Waals surface area contributed by atoms with Crippen LogP contribution in [-0.4, -0.2) is 18.6 Å². The van der Waals surface area contributed by atoms with Crippen molar-refractivity contribution in [2.24, 2.45) is 0 Å². The summed E-state index contributed by atoms with van der Waals surface area (Å²) in [6.07, 6.45) is 2.98. The van der Waals surface area contributed by atoms with Crippen molar-refractivity contribution in [3.63, 3.8) is 0 Å². The second-order valence-corrected chi connectivity index (χ2v) is 7.33. The van der Waals surface area contributed by atoms with E-state index in [4.69, 9.17) is 4.52 Å². The Morgan fingerprint density at radius 1 is 1.26 bits per heavy atom. The van der Waals surface area contributed by atoms with Crippen molar-refractivity contribution in [3.05, 3.63) is 36.0 Å². The highest BCUT2D eigenvalue weighted by atomic mass is 32.2. The minimum atomic E-state index is -3.60. The number of nitrogens with one attached hydrogen (secondary N) is 1. The van der Waals surface area contributed by atoms with Crippen LogP contribution in [0.3, 0.4) is 0 Å². The number of nitrogens with zero attached hydrogens (tertiary/aromatic N) is 2. The molecule has 98 valence electrons. The summed E-state index contributed by atoms with van der Waals surface area (Å²) in [5.41, 5.74) is 0.612. The standard InChI is InChI=1S/C10H7N3O3S3/c14-19(15,13-10-11-4-6-17-10)9-2-1-8(18-9)7-3-5-16-12-7/h1-6H,(H,11,13). The van der Waals surface area contributed by atoms with Crippen molar-refractivity contribution < 1.29 is 12.9 Å². The number of thiophene rings is 1. The molecule has 9 heteroatoms. The summed E-state index contributed by atoms with van der Waals surface area (Å²) in [6.45, 7) is 0. The number of hydrogen-bond donors (Lipinski definition) is 1. The second kappa shape index (κ2) is 4.76. The van der Waals surface area contributed by atoms with Gasteiger partial charge in [-0.1, -0.05) is 5.16 Å². The van der Waals surface area contributed by atoms with Crippen LogP contribution in [0.15, 0.2) is 44.8 Å². The van der Waals surface area contributed by atoms with Gasteiger partial charge in [0.2, 0.25) is 0 Å². The molecule has 0 amide bonds. The van der Waals surface area contributed by atoms with Crippen molar-refractivity contribution in [2.75, 3.05) is 4.72 Å². The molecule has 3 rings (SSSR count). The van der Waals surface area contributed by atoms with Crippen molar-refractivity contribution in [3.8, 4) is 10.6 Å². The number of hydrogen-bond acceptors (Lipinski definition) is 7. The van der Waals surface area contributed by atoms with Crippen LogP contribution in [0.1, 0.15) is 0 Å². The molecule has 0 fully saturated rings. The van der Waals surface area contributed by atoms with Gasteiger partial charge in [0.25, 0.3) is 10.0 Å². The summed E-state index contributed by atoms with van der Waals surface area (Å²) in [7, 11) is -3.60. The monoisotopic (exact) mass is 313 g/mol. The van der Waals surface area contributed by atoms with Gasteiger partial charge in [0, 0.05) is 17.6 Å². The minimum Gasteiger partial charge on any atom is -0.364 e. The molecule has 0 unspecified atom stereocenters. The van der Waals surface area contributed by atoms with Crippen LogP contribution in [0, 0.1) is 0 Å².